The third kappa shape index (κ3) is 43.0. The van der Waals surface area contributed by atoms with E-state index < -0.39 is 32.5 Å². The van der Waals surface area contributed by atoms with Crippen molar-refractivity contribution in [2.75, 3.05) is 26.4 Å². The fourth-order valence-corrected chi connectivity index (χ4v) is 6.78. The average molecular weight is 834 g/mol. The number of hydrogen-bond donors (Lipinski definition) is 2. The number of phosphoric ester groups is 1. The van der Waals surface area contributed by atoms with E-state index in [1.165, 1.54) is 96.3 Å². The number of ether oxygens (including phenoxy) is 2. The summed E-state index contributed by atoms with van der Waals surface area (Å²) in [6.07, 6.45) is 53.8. The second-order valence-corrected chi connectivity index (χ2v) is 16.3. The van der Waals surface area contributed by atoms with Gasteiger partial charge in [-0.3, -0.25) is 18.6 Å². The highest BCUT2D eigenvalue weighted by molar-refractivity contribution is 7.47. The Hall–Kier alpha value is -2.55. The molecule has 58 heavy (non-hydrogen) atoms. The van der Waals surface area contributed by atoms with Gasteiger partial charge in [-0.05, 0) is 51.4 Å². The number of nitrogens with two attached hydrogens (primary N) is 1. The van der Waals surface area contributed by atoms with E-state index in [1.807, 2.05) is 12.2 Å². The van der Waals surface area contributed by atoms with Crippen LogP contribution in [0.5, 0.6) is 0 Å². The van der Waals surface area contributed by atoms with Gasteiger partial charge < -0.3 is 20.1 Å². The Morgan fingerprint density at radius 3 is 1.38 bits per heavy atom. The summed E-state index contributed by atoms with van der Waals surface area (Å²) in [5.74, 6) is -0.926. The molecule has 2 atom stereocenters. The van der Waals surface area contributed by atoms with Crippen LogP contribution in [0, 0.1) is 0 Å². The maximum Gasteiger partial charge on any atom is 0.472 e. The minimum atomic E-state index is -4.40. The Bertz CT molecular complexity index is 1180. The molecule has 10 heteroatoms. The number of carbonyl (C=O) groups is 2. The minimum absolute atomic E-state index is 0.0397. The highest BCUT2D eigenvalue weighted by Gasteiger charge is 2.25. The molecule has 334 valence electrons. The van der Waals surface area contributed by atoms with Gasteiger partial charge in [-0.25, -0.2) is 4.57 Å². The number of phosphoric acid groups is 1. The Morgan fingerprint density at radius 2 is 0.948 bits per heavy atom. The third-order valence-corrected chi connectivity index (χ3v) is 10.4. The van der Waals surface area contributed by atoms with E-state index in [1.54, 1.807) is 0 Å². The van der Waals surface area contributed by atoms with Crippen LogP contribution in [0.15, 0.2) is 72.9 Å². The Balaban J connectivity index is 4.23. The molecule has 0 aromatic carbocycles. The number of esters is 2. The van der Waals surface area contributed by atoms with Crippen LogP contribution in [-0.2, 0) is 32.7 Å². The molecule has 0 aliphatic rings. The van der Waals surface area contributed by atoms with Gasteiger partial charge in [-0.1, -0.05) is 196 Å². The van der Waals surface area contributed by atoms with E-state index in [0.29, 0.717) is 6.42 Å². The van der Waals surface area contributed by atoms with Crippen LogP contribution < -0.4 is 5.73 Å². The summed E-state index contributed by atoms with van der Waals surface area (Å²) in [6, 6.07) is 0. The zero-order chi connectivity index (χ0) is 42.5. The first kappa shape index (κ1) is 55.5. The molecule has 0 bridgehead atoms. The molecule has 0 heterocycles. The van der Waals surface area contributed by atoms with Crippen LogP contribution in [0.4, 0.5) is 0 Å². The molecule has 9 nitrogen and oxygen atoms in total. The molecular formula is C48H84NO8P. The van der Waals surface area contributed by atoms with Gasteiger partial charge in [-0.15, -0.1) is 0 Å². The fourth-order valence-electron chi connectivity index (χ4n) is 6.01. The zero-order valence-electron chi connectivity index (χ0n) is 36.8. The van der Waals surface area contributed by atoms with E-state index >= 15 is 0 Å². The van der Waals surface area contributed by atoms with Crippen LogP contribution in [0.3, 0.4) is 0 Å². The van der Waals surface area contributed by atoms with Crippen molar-refractivity contribution >= 4 is 19.8 Å². The summed E-state index contributed by atoms with van der Waals surface area (Å²) >= 11 is 0. The third-order valence-electron chi connectivity index (χ3n) is 9.37. The maximum absolute atomic E-state index is 12.6. The number of rotatable bonds is 42. The van der Waals surface area contributed by atoms with Crippen molar-refractivity contribution in [3.8, 4) is 0 Å². The summed E-state index contributed by atoms with van der Waals surface area (Å²) in [5.41, 5.74) is 5.35. The van der Waals surface area contributed by atoms with Gasteiger partial charge in [0.25, 0.3) is 0 Å². The molecule has 2 unspecified atom stereocenters. The molecule has 0 aliphatic carbocycles. The first-order valence-corrected chi connectivity index (χ1v) is 24.4. The predicted octanol–water partition coefficient (Wildman–Crippen LogP) is 13.4. The van der Waals surface area contributed by atoms with Crippen LogP contribution in [0.1, 0.15) is 187 Å². The van der Waals surface area contributed by atoms with Crippen LogP contribution >= 0.6 is 7.82 Å². The van der Waals surface area contributed by atoms with Gasteiger partial charge in [0.15, 0.2) is 6.10 Å². The second kappa shape index (κ2) is 44.0. The first-order valence-electron chi connectivity index (χ1n) is 22.9. The summed E-state index contributed by atoms with van der Waals surface area (Å²) in [6.45, 7) is 3.54. The second-order valence-electron chi connectivity index (χ2n) is 14.9. The summed E-state index contributed by atoms with van der Waals surface area (Å²) in [5, 5.41) is 0. The van der Waals surface area contributed by atoms with Crippen molar-refractivity contribution in [2.24, 2.45) is 5.73 Å². The quantitative estimate of drug-likeness (QED) is 0.0267. The maximum atomic E-state index is 12.6. The first-order chi connectivity index (χ1) is 28.3. The van der Waals surface area contributed by atoms with Crippen LogP contribution in [-0.4, -0.2) is 49.3 Å². The lowest BCUT2D eigenvalue weighted by Gasteiger charge is -2.19. The Kier molecular flexibility index (Phi) is 42.1. The van der Waals surface area contributed by atoms with Gasteiger partial charge in [0.05, 0.1) is 13.2 Å². The smallest absolute Gasteiger partial charge is 0.462 e. The van der Waals surface area contributed by atoms with Crippen molar-refractivity contribution < 1.29 is 37.6 Å². The summed E-state index contributed by atoms with van der Waals surface area (Å²) in [7, 11) is -4.40. The van der Waals surface area contributed by atoms with Crippen molar-refractivity contribution in [1.82, 2.24) is 0 Å². The molecule has 3 N–H and O–H groups in total. The predicted molar refractivity (Wildman–Crippen MR) is 242 cm³/mol. The summed E-state index contributed by atoms with van der Waals surface area (Å²) in [4.78, 5) is 34.9. The number of allylic oxidation sites excluding steroid dienone is 12. The molecule has 0 rings (SSSR count). The lowest BCUT2D eigenvalue weighted by atomic mass is 10.0. The zero-order valence-corrected chi connectivity index (χ0v) is 37.6. The van der Waals surface area contributed by atoms with E-state index in [2.05, 4.69) is 74.6 Å². The number of hydrogen-bond acceptors (Lipinski definition) is 8. The molecule has 0 aliphatic heterocycles. The summed E-state index contributed by atoms with van der Waals surface area (Å²) < 4.78 is 32.7. The van der Waals surface area contributed by atoms with Crippen molar-refractivity contribution in [1.29, 1.82) is 0 Å². The minimum Gasteiger partial charge on any atom is -0.462 e. The molecule has 0 saturated heterocycles. The van der Waals surface area contributed by atoms with E-state index in [9.17, 15) is 19.0 Å². The lowest BCUT2D eigenvalue weighted by molar-refractivity contribution is -0.161. The number of carbonyl (C=O) groups excluding carboxylic acids is 2. The molecule has 0 spiro atoms. The van der Waals surface area contributed by atoms with E-state index in [-0.39, 0.29) is 32.6 Å². The molecule has 0 saturated carbocycles. The van der Waals surface area contributed by atoms with E-state index in [4.69, 9.17) is 24.3 Å². The average Bonchev–Trinajstić information content (AvgIpc) is 3.21. The molecule has 0 amide bonds. The van der Waals surface area contributed by atoms with Crippen molar-refractivity contribution in [3.05, 3.63) is 72.9 Å². The highest BCUT2D eigenvalue weighted by atomic mass is 31.2. The van der Waals surface area contributed by atoms with Gasteiger partial charge in [-0.2, -0.15) is 0 Å². The van der Waals surface area contributed by atoms with Gasteiger partial charge in [0, 0.05) is 19.4 Å². The standard InChI is InChI=1S/C48H84NO8P/c1-3-5-7-9-11-13-15-17-19-21-23-25-27-29-31-33-35-37-39-41-48(51)57-46(45-56-58(52,53)55-43-42-49)44-54-47(50)40-38-36-34-32-30-28-26-24-22-20-18-16-14-12-10-8-6-4-2/h5,7,11,13,17,19,23,25,29,31,35,37,46H,3-4,6,8-10,12,14-16,18,20-22,24,26-28,30,32-34,36,38-45,49H2,1-2H3,(H,52,53)/b7-5-,13-11-,19-17-,25-23-,31-29-,37-35-. The van der Waals surface area contributed by atoms with Crippen LogP contribution in [0.2, 0.25) is 0 Å². The largest absolute Gasteiger partial charge is 0.472 e. The molecule has 0 radical (unpaired) electrons. The van der Waals surface area contributed by atoms with Crippen molar-refractivity contribution in [3.63, 3.8) is 0 Å². The Labute approximate surface area is 354 Å². The number of unbranched alkanes of at least 4 members (excludes halogenated alkanes) is 17. The fraction of sp³-hybridized carbons (Fsp3) is 0.708. The highest BCUT2D eigenvalue weighted by Crippen LogP contribution is 2.43. The molecule has 0 fully saturated rings. The van der Waals surface area contributed by atoms with Crippen LogP contribution in [0.25, 0.3) is 0 Å². The van der Waals surface area contributed by atoms with Gasteiger partial charge >= 0.3 is 19.8 Å². The lowest BCUT2D eigenvalue weighted by Crippen LogP contribution is -2.29. The van der Waals surface area contributed by atoms with Gasteiger partial charge in [0.2, 0.25) is 0 Å². The topological polar surface area (TPSA) is 134 Å². The molecule has 0 aromatic heterocycles. The molecular weight excluding hydrogens is 750 g/mol. The van der Waals surface area contributed by atoms with Crippen molar-refractivity contribution in [2.45, 2.75) is 193 Å². The van der Waals surface area contributed by atoms with Gasteiger partial charge in [0.1, 0.15) is 6.61 Å². The normalized spacial score (nSPS) is 13.9. The van der Waals surface area contributed by atoms with E-state index in [0.717, 1.165) is 57.8 Å². The monoisotopic (exact) mass is 834 g/mol. The molecule has 0 aromatic rings. The Morgan fingerprint density at radius 1 is 0.534 bits per heavy atom. The SMILES string of the molecule is CC/C=C\C/C=C\C/C=C\C/C=C\C/C=C\C/C=C\CCC(=O)OC(COC(=O)CCCCCCCCCCCCCCCCCCCC)COP(=O)(O)OCCN.